The van der Waals surface area contributed by atoms with Crippen molar-refractivity contribution in [3.63, 3.8) is 0 Å². The molecule has 0 aliphatic heterocycles. The van der Waals surface area contributed by atoms with E-state index in [2.05, 4.69) is 9.36 Å². The van der Waals surface area contributed by atoms with E-state index in [1.165, 1.54) is 13.4 Å². The number of carbonyl (C=O) groups is 1. The van der Waals surface area contributed by atoms with E-state index in [1.54, 1.807) is 24.3 Å². The van der Waals surface area contributed by atoms with Crippen LogP contribution >= 0.6 is 11.5 Å². The standard InChI is InChI=1S/C16H18N2O4S/c1-16(2,3)14-17-15(23-18-14)22-12-8-6-5-7-10(12)11(9-21-4)13(19)20/h5-9H,1-4H3,(H,19,20). The van der Waals surface area contributed by atoms with Crippen molar-refractivity contribution < 1.29 is 19.4 Å². The Labute approximate surface area is 138 Å². The van der Waals surface area contributed by atoms with Gasteiger partial charge in [0, 0.05) is 22.5 Å². The molecule has 2 rings (SSSR count). The van der Waals surface area contributed by atoms with Gasteiger partial charge in [-0.05, 0) is 6.07 Å². The molecule has 122 valence electrons. The largest absolute Gasteiger partial charge is 0.503 e. The molecule has 6 nitrogen and oxygen atoms in total. The number of aliphatic carboxylic acids is 1. The Hall–Kier alpha value is -2.41. The zero-order chi connectivity index (χ0) is 17.0. The van der Waals surface area contributed by atoms with Gasteiger partial charge in [0.15, 0.2) is 5.82 Å². The van der Waals surface area contributed by atoms with E-state index in [9.17, 15) is 9.90 Å². The lowest BCUT2D eigenvalue weighted by Gasteiger charge is -2.12. The second kappa shape index (κ2) is 6.78. The molecule has 0 atom stereocenters. The van der Waals surface area contributed by atoms with Gasteiger partial charge in [0.2, 0.25) is 0 Å². The smallest absolute Gasteiger partial charge is 0.339 e. The summed E-state index contributed by atoms with van der Waals surface area (Å²) in [7, 11) is 1.40. The predicted molar refractivity (Wildman–Crippen MR) is 87.7 cm³/mol. The molecular formula is C16H18N2O4S. The number of hydrogen-bond acceptors (Lipinski definition) is 6. The molecule has 0 fully saturated rings. The van der Waals surface area contributed by atoms with Crippen LogP contribution in [0, 0.1) is 0 Å². The van der Waals surface area contributed by atoms with Crippen molar-refractivity contribution in [1.29, 1.82) is 0 Å². The summed E-state index contributed by atoms with van der Waals surface area (Å²) in [6, 6.07) is 6.83. The molecule has 0 unspecified atom stereocenters. The normalized spacial score (nSPS) is 12.1. The molecular weight excluding hydrogens is 316 g/mol. The molecule has 0 bridgehead atoms. The summed E-state index contributed by atoms with van der Waals surface area (Å²) in [5.41, 5.74) is 0.234. The van der Waals surface area contributed by atoms with Gasteiger partial charge in [-0.15, -0.1) is 0 Å². The van der Waals surface area contributed by atoms with Gasteiger partial charge >= 0.3 is 5.97 Å². The third-order valence-electron chi connectivity index (χ3n) is 2.92. The van der Waals surface area contributed by atoms with Crippen LogP contribution in [0.5, 0.6) is 10.9 Å². The Balaban J connectivity index is 2.36. The first-order valence-electron chi connectivity index (χ1n) is 6.90. The van der Waals surface area contributed by atoms with Gasteiger partial charge in [-0.3, -0.25) is 0 Å². The van der Waals surface area contributed by atoms with Crippen LogP contribution in [0.1, 0.15) is 32.2 Å². The Morgan fingerprint density at radius 2 is 2.00 bits per heavy atom. The Morgan fingerprint density at radius 3 is 2.57 bits per heavy atom. The first-order valence-corrected chi connectivity index (χ1v) is 7.68. The first kappa shape index (κ1) is 17.0. The lowest BCUT2D eigenvalue weighted by atomic mass is 9.96. The van der Waals surface area contributed by atoms with Crippen molar-refractivity contribution in [2.75, 3.05) is 7.11 Å². The highest BCUT2D eigenvalue weighted by Crippen LogP contribution is 2.32. The third-order valence-corrected chi connectivity index (χ3v) is 3.51. The monoisotopic (exact) mass is 334 g/mol. The molecule has 2 aromatic rings. The molecule has 23 heavy (non-hydrogen) atoms. The van der Waals surface area contributed by atoms with Crippen LogP contribution in [-0.4, -0.2) is 27.5 Å². The molecule has 1 aromatic heterocycles. The summed E-state index contributed by atoms with van der Waals surface area (Å²) in [4.78, 5) is 15.8. The van der Waals surface area contributed by atoms with Crippen LogP contribution < -0.4 is 4.74 Å². The van der Waals surface area contributed by atoms with Crippen LogP contribution in [0.25, 0.3) is 5.57 Å². The fourth-order valence-corrected chi connectivity index (χ4v) is 2.51. The summed E-state index contributed by atoms with van der Waals surface area (Å²) in [5, 5.41) is 9.70. The van der Waals surface area contributed by atoms with Gasteiger partial charge in [-0.1, -0.05) is 39.0 Å². The summed E-state index contributed by atoms with van der Waals surface area (Å²) in [6.45, 7) is 6.03. The molecule has 1 N–H and O–H groups in total. The van der Waals surface area contributed by atoms with E-state index in [0.717, 1.165) is 11.5 Å². The maximum absolute atomic E-state index is 11.4. The maximum Gasteiger partial charge on any atom is 0.339 e. The second-order valence-electron chi connectivity index (χ2n) is 5.80. The van der Waals surface area contributed by atoms with E-state index < -0.39 is 5.97 Å². The number of methoxy groups -OCH3 is 1. The first-order chi connectivity index (χ1) is 10.8. The average Bonchev–Trinajstić information content (AvgIpc) is 2.94. The Kier molecular flexibility index (Phi) is 5.00. The number of nitrogens with zero attached hydrogens (tertiary/aromatic N) is 2. The van der Waals surface area contributed by atoms with Gasteiger partial charge in [-0.25, -0.2) is 4.79 Å². The lowest BCUT2D eigenvalue weighted by Crippen LogP contribution is -2.13. The van der Waals surface area contributed by atoms with Crippen molar-refractivity contribution in [3.8, 4) is 10.9 Å². The number of ether oxygens (including phenoxy) is 2. The highest BCUT2D eigenvalue weighted by atomic mass is 32.1. The van der Waals surface area contributed by atoms with Gasteiger partial charge in [0.25, 0.3) is 5.19 Å². The Morgan fingerprint density at radius 1 is 1.30 bits per heavy atom. The fraction of sp³-hybridized carbons (Fsp3) is 0.312. The van der Waals surface area contributed by atoms with Crippen molar-refractivity contribution in [2.45, 2.75) is 26.2 Å². The summed E-state index contributed by atoms with van der Waals surface area (Å²) in [6.07, 6.45) is 1.17. The minimum absolute atomic E-state index is 0.00339. The SMILES string of the molecule is COC=C(C(=O)O)c1ccccc1Oc1nc(C(C)(C)C)ns1. The fourth-order valence-electron chi connectivity index (χ4n) is 1.77. The highest BCUT2D eigenvalue weighted by molar-refractivity contribution is 7.07. The number of rotatable bonds is 5. The minimum atomic E-state index is -1.10. The van der Waals surface area contributed by atoms with Crippen molar-refractivity contribution in [3.05, 3.63) is 41.9 Å². The van der Waals surface area contributed by atoms with Crippen molar-refractivity contribution in [2.24, 2.45) is 0 Å². The number of para-hydroxylation sites is 1. The zero-order valence-corrected chi connectivity index (χ0v) is 14.2. The van der Waals surface area contributed by atoms with E-state index in [-0.39, 0.29) is 11.0 Å². The van der Waals surface area contributed by atoms with Crippen LogP contribution in [0.4, 0.5) is 0 Å². The van der Waals surface area contributed by atoms with Gasteiger partial charge in [-0.2, -0.15) is 9.36 Å². The molecule has 0 radical (unpaired) electrons. The molecule has 0 saturated heterocycles. The quantitative estimate of drug-likeness (QED) is 0.663. The molecule has 0 amide bonds. The number of aromatic nitrogens is 2. The van der Waals surface area contributed by atoms with E-state index >= 15 is 0 Å². The van der Waals surface area contributed by atoms with E-state index in [1.807, 2.05) is 20.8 Å². The molecule has 7 heteroatoms. The van der Waals surface area contributed by atoms with E-state index in [4.69, 9.17) is 9.47 Å². The van der Waals surface area contributed by atoms with Crippen LogP contribution in [-0.2, 0) is 14.9 Å². The maximum atomic E-state index is 11.4. The average molecular weight is 334 g/mol. The van der Waals surface area contributed by atoms with Crippen molar-refractivity contribution >= 4 is 23.1 Å². The predicted octanol–water partition coefficient (Wildman–Crippen LogP) is 3.70. The van der Waals surface area contributed by atoms with Gasteiger partial charge < -0.3 is 14.6 Å². The molecule has 0 spiro atoms. The zero-order valence-electron chi connectivity index (χ0n) is 13.4. The van der Waals surface area contributed by atoms with Crippen LogP contribution in [0.15, 0.2) is 30.5 Å². The second-order valence-corrected chi connectivity index (χ2v) is 6.52. The summed E-state index contributed by atoms with van der Waals surface area (Å²) in [5.74, 6) is -0.0359. The Bertz CT molecular complexity index is 732. The number of carboxylic acid groups (broad SMARTS) is 1. The molecule has 1 aromatic carbocycles. The van der Waals surface area contributed by atoms with Gasteiger partial charge in [0.1, 0.15) is 11.3 Å². The van der Waals surface area contributed by atoms with Crippen LogP contribution in [0.2, 0.25) is 0 Å². The number of carboxylic acids is 1. The van der Waals surface area contributed by atoms with Crippen LogP contribution in [0.3, 0.4) is 0 Å². The molecule has 1 heterocycles. The topological polar surface area (TPSA) is 81.5 Å². The lowest BCUT2D eigenvalue weighted by molar-refractivity contribution is -0.130. The number of hydrogen-bond donors (Lipinski definition) is 1. The molecule has 0 saturated carbocycles. The highest BCUT2D eigenvalue weighted by Gasteiger charge is 2.22. The molecule has 0 aliphatic rings. The number of benzene rings is 1. The van der Waals surface area contributed by atoms with Gasteiger partial charge in [0.05, 0.1) is 13.4 Å². The summed E-state index contributed by atoms with van der Waals surface area (Å²) < 4.78 is 14.9. The van der Waals surface area contributed by atoms with E-state index in [0.29, 0.717) is 22.3 Å². The minimum Gasteiger partial charge on any atom is -0.503 e. The summed E-state index contributed by atoms with van der Waals surface area (Å²) >= 11 is 1.13. The van der Waals surface area contributed by atoms with Crippen molar-refractivity contribution in [1.82, 2.24) is 9.36 Å². The molecule has 0 aliphatic carbocycles. The third kappa shape index (κ3) is 4.07.